The zero-order chi connectivity index (χ0) is 17.4. The van der Waals surface area contributed by atoms with Crippen LogP contribution in [0.1, 0.15) is 0 Å². The Morgan fingerprint density at radius 2 is 1.21 bits per heavy atom. The van der Waals surface area contributed by atoms with Gasteiger partial charge in [-0.3, -0.25) is 9.59 Å². The summed E-state index contributed by atoms with van der Waals surface area (Å²) < 4.78 is 26.0. The van der Waals surface area contributed by atoms with Crippen LogP contribution in [0, 0.1) is 11.6 Å². The van der Waals surface area contributed by atoms with E-state index in [4.69, 9.17) is 0 Å². The number of hydrogen-bond donors (Lipinski definition) is 2. The topological polar surface area (TPSA) is 58.2 Å². The van der Waals surface area contributed by atoms with Gasteiger partial charge in [-0.15, -0.1) is 0 Å². The Bertz CT molecular complexity index is 667. The minimum absolute atomic E-state index is 0.119. The highest BCUT2D eigenvalue weighted by molar-refractivity contribution is 8.77. The van der Waals surface area contributed by atoms with Crippen LogP contribution in [0.15, 0.2) is 48.5 Å². The van der Waals surface area contributed by atoms with Crippen LogP contribution >= 0.6 is 21.6 Å². The smallest absolute Gasteiger partial charge is 0.235 e. The Morgan fingerprint density at radius 3 is 1.58 bits per heavy atom. The third kappa shape index (κ3) is 6.59. The van der Waals surface area contributed by atoms with Crippen LogP contribution in [0.3, 0.4) is 0 Å². The molecule has 0 radical (unpaired) electrons. The Balaban J connectivity index is 1.65. The average molecular weight is 368 g/mol. The predicted molar refractivity (Wildman–Crippen MR) is 95.0 cm³/mol. The molecule has 0 aliphatic rings. The summed E-state index contributed by atoms with van der Waals surface area (Å²) in [4.78, 5) is 23.4. The fourth-order valence-electron chi connectivity index (χ4n) is 1.72. The summed E-state index contributed by atoms with van der Waals surface area (Å²) in [7, 11) is 2.41. The molecule has 0 saturated heterocycles. The summed E-state index contributed by atoms with van der Waals surface area (Å²) in [6, 6.07) is 11.2. The fourth-order valence-corrected chi connectivity index (χ4v) is 3.38. The number of carbonyl (C=O) groups excluding carboxylic acids is 2. The number of carbonyl (C=O) groups is 2. The molecule has 8 heteroatoms. The Morgan fingerprint density at radius 1 is 0.792 bits per heavy atom. The van der Waals surface area contributed by atoms with E-state index in [1.165, 1.54) is 58.0 Å². The fraction of sp³-hybridized carbons (Fsp3) is 0.125. The molecule has 4 nitrogen and oxygen atoms in total. The summed E-state index contributed by atoms with van der Waals surface area (Å²) in [5.41, 5.74) is 0.767. The van der Waals surface area contributed by atoms with Gasteiger partial charge < -0.3 is 10.6 Å². The van der Waals surface area contributed by atoms with Gasteiger partial charge in [-0.2, -0.15) is 0 Å². The highest BCUT2D eigenvalue weighted by Crippen LogP contribution is 2.22. The van der Waals surface area contributed by atoms with Gasteiger partial charge in [0.2, 0.25) is 11.8 Å². The second-order valence-electron chi connectivity index (χ2n) is 4.64. The normalized spacial score (nSPS) is 10.2. The summed E-state index contributed by atoms with van der Waals surface area (Å²) >= 11 is 0. The van der Waals surface area contributed by atoms with Gasteiger partial charge in [-0.05, 0) is 36.4 Å². The molecule has 0 fully saturated rings. The third-order valence-electron chi connectivity index (χ3n) is 2.68. The Labute approximate surface area is 145 Å². The molecule has 2 N–H and O–H groups in total. The van der Waals surface area contributed by atoms with E-state index in [9.17, 15) is 18.4 Å². The molecule has 0 aliphatic carbocycles. The first kappa shape index (κ1) is 18.3. The maximum Gasteiger partial charge on any atom is 0.235 e. The zero-order valence-corrected chi connectivity index (χ0v) is 14.1. The molecule has 0 bridgehead atoms. The van der Waals surface area contributed by atoms with Crippen molar-refractivity contribution in [2.45, 2.75) is 0 Å². The second-order valence-corrected chi connectivity index (χ2v) is 7.10. The summed E-state index contributed by atoms with van der Waals surface area (Å²) in [5, 5.41) is 5.12. The van der Waals surface area contributed by atoms with E-state index >= 15 is 0 Å². The van der Waals surface area contributed by atoms with Gasteiger partial charge in [-0.1, -0.05) is 33.7 Å². The lowest BCUT2D eigenvalue weighted by Crippen LogP contribution is -2.15. The molecule has 126 valence electrons. The lowest BCUT2D eigenvalue weighted by molar-refractivity contribution is -0.114. The molecule has 2 aromatic carbocycles. The monoisotopic (exact) mass is 368 g/mol. The molecule has 2 amide bonds. The van der Waals surface area contributed by atoms with Crippen molar-refractivity contribution in [2.75, 3.05) is 22.1 Å². The summed E-state index contributed by atoms with van der Waals surface area (Å²) in [6.45, 7) is 0. The molecule has 2 rings (SSSR count). The van der Waals surface area contributed by atoms with E-state index in [0.29, 0.717) is 11.4 Å². The van der Waals surface area contributed by atoms with Crippen molar-refractivity contribution in [3.05, 3.63) is 60.2 Å². The van der Waals surface area contributed by atoms with E-state index in [1.807, 2.05) is 0 Å². The lowest BCUT2D eigenvalue weighted by atomic mass is 10.3. The molecule has 0 spiro atoms. The van der Waals surface area contributed by atoms with Gasteiger partial charge in [0.25, 0.3) is 0 Å². The van der Waals surface area contributed by atoms with E-state index in [2.05, 4.69) is 10.6 Å². The van der Waals surface area contributed by atoms with Crippen LogP contribution in [0.25, 0.3) is 0 Å². The molecule has 0 heterocycles. The van der Waals surface area contributed by atoms with Gasteiger partial charge >= 0.3 is 0 Å². The first-order valence-corrected chi connectivity index (χ1v) is 9.37. The number of hydrogen-bond acceptors (Lipinski definition) is 4. The number of benzene rings is 2. The van der Waals surface area contributed by atoms with Gasteiger partial charge in [0.05, 0.1) is 11.5 Å². The molecule has 0 saturated carbocycles. The number of nitrogens with one attached hydrogen (secondary N) is 2. The minimum atomic E-state index is -0.427. The molecular weight excluding hydrogens is 354 g/mol. The van der Waals surface area contributed by atoms with Crippen molar-refractivity contribution >= 4 is 44.8 Å². The number of halogens is 2. The summed E-state index contributed by atoms with van der Waals surface area (Å²) in [6.07, 6.45) is 0. The maximum absolute atomic E-state index is 13.0. The number of rotatable bonds is 7. The van der Waals surface area contributed by atoms with Crippen molar-refractivity contribution in [1.29, 1.82) is 0 Å². The van der Waals surface area contributed by atoms with Crippen LogP contribution in [0.2, 0.25) is 0 Å². The van der Waals surface area contributed by atoms with Gasteiger partial charge in [-0.25, -0.2) is 8.78 Å². The van der Waals surface area contributed by atoms with Gasteiger partial charge in [0, 0.05) is 11.4 Å². The zero-order valence-electron chi connectivity index (χ0n) is 12.4. The average Bonchev–Trinajstić information content (AvgIpc) is 2.51. The van der Waals surface area contributed by atoms with E-state index < -0.39 is 11.6 Å². The molecule has 0 aromatic heterocycles. The number of amides is 2. The second kappa shape index (κ2) is 9.29. The number of anilines is 2. The van der Waals surface area contributed by atoms with Crippen molar-refractivity contribution in [1.82, 2.24) is 0 Å². The molecule has 0 atom stereocenters. The Hall–Kier alpha value is -2.06. The first-order chi connectivity index (χ1) is 11.5. The predicted octanol–water partition coefficient (Wildman–Crippen LogP) is 3.92. The summed E-state index contributed by atoms with van der Waals surface area (Å²) in [5.74, 6) is -1.19. The Kier molecular flexibility index (Phi) is 7.07. The van der Waals surface area contributed by atoms with Crippen molar-refractivity contribution in [3.8, 4) is 0 Å². The standard InChI is InChI=1S/C16H14F2N2O2S2/c17-11-3-1-5-13(7-11)19-15(21)9-23-24-10-16(22)20-14-6-2-4-12(18)8-14/h1-8H,9-10H2,(H,19,21)(H,20,22). The highest BCUT2D eigenvalue weighted by Gasteiger charge is 2.07. The van der Waals surface area contributed by atoms with Crippen LogP contribution in [0.5, 0.6) is 0 Å². The largest absolute Gasteiger partial charge is 0.325 e. The molecule has 2 aromatic rings. The maximum atomic E-state index is 13.0. The van der Waals surface area contributed by atoms with Crippen molar-refractivity contribution in [3.63, 3.8) is 0 Å². The molecular formula is C16H14F2N2O2S2. The van der Waals surface area contributed by atoms with Gasteiger partial charge in [0.1, 0.15) is 11.6 Å². The SMILES string of the molecule is O=C(CSSCC(=O)Nc1cccc(F)c1)Nc1cccc(F)c1. The first-order valence-electron chi connectivity index (χ1n) is 6.88. The quantitative estimate of drug-likeness (QED) is 0.574. The molecule has 0 aliphatic heterocycles. The highest BCUT2D eigenvalue weighted by atomic mass is 33.1. The van der Waals surface area contributed by atoms with Crippen molar-refractivity contribution in [2.24, 2.45) is 0 Å². The molecule has 24 heavy (non-hydrogen) atoms. The minimum Gasteiger partial charge on any atom is -0.325 e. The van der Waals surface area contributed by atoms with Crippen LogP contribution in [-0.4, -0.2) is 23.3 Å². The van der Waals surface area contributed by atoms with Crippen LogP contribution in [0.4, 0.5) is 20.2 Å². The van der Waals surface area contributed by atoms with Crippen LogP contribution < -0.4 is 10.6 Å². The van der Waals surface area contributed by atoms with Crippen molar-refractivity contribution < 1.29 is 18.4 Å². The lowest BCUT2D eigenvalue weighted by Gasteiger charge is -2.06. The van der Waals surface area contributed by atoms with E-state index in [-0.39, 0.29) is 23.3 Å². The van der Waals surface area contributed by atoms with E-state index in [0.717, 1.165) is 0 Å². The molecule has 0 unspecified atom stereocenters. The van der Waals surface area contributed by atoms with Crippen LogP contribution in [-0.2, 0) is 9.59 Å². The van der Waals surface area contributed by atoms with Gasteiger partial charge in [0.15, 0.2) is 0 Å². The third-order valence-corrected chi connectivity index (χ3v) is 4.81. The van der Waals surface area contributed by atoms with E-state index in [1.54, 1.807) is 12.1 Å².